The minimum atomic E-state index is -0.500. The number of carbonyl (C=O) groups excluding carboxylic acids is 1. The molecule has 1 amide bonds. The summed E-state index contributed by atoms with van der Waals surface area (Å²) in [6, 6.07) is 9.45. The monoisotopic (exact) mass is 277 g/mol. The van der Waals surface area contributed by atoms with Gasteiger partial charge in [0.05, 0.1) is 17.8 Å². The quantitative estimate of drug-likeness (QED) is 0.780. The first-order chi connectivity index (χ1) is 9.10. The van der Waals surface area contributed by atoms with E-state index in [9.17, 15) is 4.79 Å². The highest BCUT2D eigenvalue weighted by Gasteiger charge is 2.10. The van der Waals surface area contributed by atoms with Gasteiger partial charge in [0.2, 0.25) is 0 Å². The van der Waals surface area contributed by atoms with Crippen LogP contribution < -0.4 is 21.5 Å². The van der Waals surface area contributed by atoms with Gasteiger partial charge in [-0.15, -0.1) is 11.3 Å². The lowest BCUT2D eigenvalue weighted by Gasteiger charge is -2.05. The molecule has 1 aromatic carbocycles. The number of nitrogens with two attached hydrogens (primary N) is 2. The van der Waals surface area contributed by atoms with Crippen molar-refractivity contribution < 1.29 is 9.53 Å². The van der Waals surface area contributed by atoms with Crippen LogP contribution in [0.3, 0.4) is 0 Å². The summed E-state index contributed by atoms with van der Waals surface area (Å²) in [5.41, 5.74) is 12.4. The molecule has 1 aromatic heterocycles. The standard InChI is InChI=1S/C13H15N3O2S/c1-18-9-4-2-8(3-5-9)7-16-11-6-10(14)12(19-11)13(15)17/h2-6,16H,7,14H2,1H3,(H2,15,17). The van der Waals surface area contributed by atoms with Gasteiger partial charge in [0.15, 0.2) is 0 Å². The number of rotatable bonds is 5. The Kier molecular flexibility index (Phi) is 3.91. The summed E-state index contributed by atoms with van der Waals surface area (Å²) >= 11 is 1.26. The molecule has 0 saturated heterocycles. The summed E-state index contributed by atoms with van der Waals surface area (Å²) in [7, 11) is 1.63. The fraction of sp³-hybridized carbons (Fsp3) is 0.154. The second-order valence-corrected chi connectivity index (χ2v) is 5.01. The van der Waals surface area contributed by atoms with Crippen LogP contribution in [0.25, 0.3) is 0 Å². The fourth-order valence-corrected chi connectivity index (χ4v) is 2.44. The van der Waals surface area contributed by atoms with Crippen LogP contribution in [0, 0.1) is 0 Å². The summed E-state index contributed by atoms with van der Waals surface area (Å²) < 4.78 is 5.09. The topological polar surface area (TPSA) is 90.4 Å². The highest BCUT2D eigenvalue weighted by Crippen LogP contribution is 2.29. The van der Waals surface area contributed by atoms with Crippen molar-refractivity contribution in [1.29, 1.82) is 0 Å². The van der Waals surface area contributed by atoms with E-state index in [0.29, 0.717) is 17.1 Å². The zero-order valence-corrected chi connectivity index (χ0v) is 11.3. The Bertz CT molecular complexity index is 578. The van der Waals surface area contributed by atoms with Gasteiger partial charge in [0, 0.05) is 6.54 Å². The van der Waals surface area contributed by atoms with Crippen LogP contribution in [0.2, 0.25) is 0 Å². The highest BCUT2D eigenvalue weighted by atomic mass is 32.1. The van der Waals surface area contributed by atoms with Gasteiger partial charge in [-0.1, -0.05) is 12.1 Å². The molecule has 0 atom stereocenters. The molecule has 2 rings (SSSR count). The van der Waals surface area contributed by atoms with E-state index < -0.39 is 5.91 Å². The molecular weight excluding hydrogens is 262 g/mol. The number of primary amides is 1. The lowest BCUT2D eigenvalue weighted by molar-refractivity contribution is 0.100. The summed E-state index contributed by atoms with van der Waals surface area (Å²) in [4.78, 5) is 11.5. The van der Waals surface area contributed by atoms with Crippen LogP contribution in [-0.4, -0.2) is 13.0 Å². The van der Waals surface area contributed by atoms with Crippen molar-refractivity contribution in [3.8, 4) is 5.75 Å². The largest absolute Gasteiger partial charge is 0.497 e. The number of benzene rings is 1. The third kappa shape index (κ3) is 3.17. The number of hydrogen-bond acceptors (Lipinski definition) is 5. The van der Waals surface area contributed by atoms with Crippen LogP contribution in [0.4, 0.5) is 10.7 Å². The van der Waals surface area contributed by atoms with E-state index in [1.54, 1.807) is 13.2 Å². The molecule has 0 fully saturated rings. The molecule has 1 heterocycles. The molecule has 100 valence electrons. The van der Waals surface area contributed by atoms with Gasteiger partial charge in [0.25, 0.3) is 5.91 Å². The SMILES string of the molecule is COc1ccc(CNc2cc(N)c(C(N)=O)s2)cc1. The maximum atomic E-state index is 11.1. The predicted molar refractivity (Wildman–Crippen MR) is 77.6 cm³/mol. The molecule has 0 spiro atoms. The van der Waals surface area contributed by atoms with Crippen LogP contribution >= 0.6 is 11.3 Å². The molecule has 0 saturated carbocycles. The summed E-state index contributed by atoms with van der Waals surface area (Å²) in [6.07, 6.45) is 0. The normalized spacial score (nSPS) is 10.2. The molecule has 6 heteroatoms. The van der Waals surface area contributed by atoms with Gasteiger partial charge < -0.3 is 21.5 Å². The number of hydrogen-bond donors (Lipinski definition) is 3. The predicted octanol–water partition coefficient (Wildman–Crippen LogP) is 2.05. The Balaban J connectivity index is 2.01. The Morgan fingerprint density at radius 3 is 2.58 bits per heavy atom. The van der Waals surface area contributed by atoms with Crippen LogP contribution in [0.1, 0.15) is 15.2 Å². The molecule has 19 heavy (non-hydrogen) atoms. The Labute approximate surface area is 115 Å². The second kappa shape index (κ2) is 5.62. The third-order valence-electron chi connectivity index (χ3n) is 2.61. The van der Waals surface area contributed by atoms with Crippen molar-refractivity contribution >= 4 is 27.9 Å². The molecule has 2 aromatic rings. The van der Waals surface area contributed by atoms with Crippen LogP contribution in [0.15, 0.2) is 30.3 Å². The first-order valence-corrected chi connectivity index (χ1v) is 6.47. The zero-order chi connectivity index (χ0) is 13.8. The lowest BCUT2D eigenvalue weighted by Crippen LogP contribution is -2.10. The smallest absolute Gasteiger partial charge is 0.260 e. The third-order valence-corrected chi connectivity index (χ3v) is 3.73. The molecule has 0 aliphatic rings. The average Bonchev–Trinajstić information content (AvgIpc) is 2.78. The van der Waals surface area contributed by atoms with Gasteiger partial charge in [-0.25, -0.2) is 0 Å². The molecular formula is C13H15N3O2S. The zero-order valence-electron chi connectivity index (χ0n) is 10.5. The van der Waals surface area contributed by atoms with Gasteiger partial charge >= 0.3 is 0 Å². The van der Waals surface area contributed by atoms with Gasteiger partial charge in [-0.3, -0.25) is 4.79 Å². The van der Waals surface area contributed by atoms with E-state index >= 15 is 0 Å². The maximum Gasteiger partial charge on any atom is 0.260 e. The fourth-order valence-electron chi connectivity index (χ4n) is 1.62. The van der Waals surface area contributed by atoms with Crippen molar-refractivity contribution in [3.05, 3.63) is 40.8 Å². The Morgan fingerprint density at radius 2 is 2.05 bits per heavy atom. The van der Waals surface area contributed by atoms with E-state index in [4.69, 9.17) is 16.2 Å². The molecule has 5 N–H and O–H groups in total. The summed E-state index contributed by atoms with van der Waals surface area (Å²) in [6.45, 7) is 0.641. The summed E-state index contributed by atoms with van der Waals surface area (Å²) in [5, 5.41) is 4.03. The van der Waals surface area contributed by atoms with Gasteiger partial charge in [-0.05, 0) is 23.8 Å². The lowest BCUT2D eigenvalue weighted by atomic mass is 10.2. The van der Waals surface area contributed by atoms with E-state index in [1.165, 1.54) is 11.3 Å². The van der Waals surface area contributed by atoms with Crippen molar-refractivity contribution in [2.45, 2.75) is 6.54 Å². The molecule has 5 nitrogen and oxygen atoms in total. The number of nitrogen functional groups attached to an aromatic ring is 1. The van der Waals surface area contributed by atoms with Crippen LogP contribution in [0.5, 0.6) is 5.75 Å². The highest BCUT2D eigenvalue weighted by molar-refractivity contribution is 7.18. The minimum Gasteiger partial charge on any atom is -0.497 e. The number of carbonyl (C=O) groups is 1. The summed E-state index contributed by atoms with van der Waals surface area (Å²) in [5.74, 6) is 0.320. The van der Waals surface area contributed by atoms with Crippen molar-refractivity contribution in [2.75, 3.05) is 18.2 Å². The number of nitrogens with one attached hydrogen (secondary N) is 1. The Morgan fingerprint density at radius 1 is 1.37 bits per heavy atom. The first-order valence-electron chi connectivity index (χ1n) is 5.66. The molecule has 0 aliphatic carbocycles. The molecule has 0 bridgehead atoms. The van der Waals surface area contributed by atoms with E-state index in [-0.39, 0.29) is 0 Å². The molecule has 0 aliphatic heterocycles. The molecule has 0 radical (unpaired) electrons. The van der Waals surface area contributed by atoms with Gasteiger partial charge in [-0.2, -0.15) is 0 Å². The Hall–Kier alpha value is -2.21. The van der Waals surface area contributed by atoms with E-state index in [1.807, 2.05) is 24.3 Å². The van der Waals surface area contributed by atoms with E-state index in [0.717, 1.165) is 16.3 Å². The van der Waals surface area contributed by atoms with E-state index in [2.05, 4.69) is 5.32 Å². The van der Waals surface area contributed by atoms with Gasteiger partial charge in [0.1, 0.15) is 10.6 Å². The minimum absolute atomic E-state index is 0.386. The van der Waals surface area contributed by atoms with Crippen molar-refractivity contribution in [2.24, 2.45) is 5.73 Å². The molecule has 0 unspecified atom stereocenters. The number of thiophene rings is 1. The number of amides is 1. The maximum absolute atomic E-state index is 11.1. The second-order valence-electron chi connectivity index (χ2n) is 3.96. The van der Waals surface area contributed by atoms with Crippen molar-refractivity contribution in [1.82, 2.24) is 0 Å². The first kappa shape index (κ1) is 13.2. The average molecular weight is 277 g/mol. The van der Waals surface area contributed by atoms with Crippen molar-refractivity contribution in [3.63, 3.8) is 0 Å². The number of ether oxygens (including phenoxy) is 1. The number of methoxy groups -OCH3 is 1. The van der Waals surface area contributed by atoms with Crippen LogP contribution in [-0.2, 0) is 6.54 Å². The number of anilines is 2.